The molecule has 1 heterocycles. The number of hydrogen-bond donors (Lipinski definition) is 1. The summed E-state index contributed by atoms with van der Waals surface area (Å²) in [6, 6.07) is 0.443. The lowest BCUT2D eigenvalue weighted by Crippen LogP contribution is -2.50. The van der Waals surface area contributed by atoms with Crippen molar-refractivity contribution in [2.45, 2.75) is 76.5 Å². The molecule has 0 spiro atoms. The molecule has 1 saturated heterocycles. The predicted octanol–water partition coefficient (Wildman–Crippen LogP) is 3.13. The Morgan fingerprint density at radius 1 is 1.39 bits per heavy atom. The Morgan fingerprint density at radius 2 is 2.11 bits per heavy atom. The Bertz CT molecular complexity index is 202. The van der Waals surface area contributed by atoms with E-state index in [4.69, 9.17) is 9.47 Å². The highest BCUT2D eigenvalue weighted by Crippen LogP contribution is 2.28. The van der Waals surface area contributed by atoms with Gasteiger partial charge in [0.25, 0.3) is 0 Å². The Kier molecular flexibility index (Phi) is 7.20. The quantitative estimate of drug-likeness (QED) is 0.688. The molecule has 0 aromatic heterocycles. The van der Waals surface area contributed by atoms with Crippen LogP contribution in [0.15, 0.2) is 0 Å². The summed E-state index contributed by atoms with van der Waals surface area (Å²) < 4.78 is 11.5. The molecule has 2 unspecified atom stereocenters. The zero-order valence-electron chi connectivity index (χ0n) is 12.6. The van der Waals surface area contributed by atoms with Gasteiger partial charge in [-0.2, -0.15) is 0 Å². The number of nitrogens with one attached hydrogen (secondary N) is 1. The molecule has 1 rings (SSSR count). The zero-order chi connectivity index (χ0) is 13.4. The maximum atomic E-state index is 5.82. The molecule has 18 heavy (non-hydrogen) atoms. The Hall–Kier alpha value is -0.120. The van der Waals surface area contributed by atoms with Crippen molar-refractivity contribution >= 4 is 0 Å². The number of rotatable bonds is 9. The van der Waals surface area contributed by atoms with Crippen molar-refractivity contribution in [1.82, 2.24) is 5.32 Å². The molecule has 3 nitrogen and oxygen atoms in total. The van der Waals surface area contributed by atoms with Gasteiger partial charge >= 0.3 is 0 Å². The summed E-state index contributed by atoms with van der Waals surface area (Å²) >= 11 is 0. The number of likely N-dealkylation sites (N-methyl/N-ethyl adjacent to an activating group) is 1. The first kappa shape index (κ1) is 15.9. The zero-order valence-corrected chi connectivity index (χ0v) is 12.6. The summed E-state index contributed by atoms with van der Waals surface area (Å²) in [5.41, 5.74) is -0.00865. The largest absolute Gasteiger partial charge is 0.378 e. The lowest BCUT2D eigenvalue weighted by molar-refractivity contribution is -0.0487. The third-order valence-corrected chi connectivity index (χ3v) is 4.63. The maximum absolute atomic E-state index is 5.82. The van der Waals surface area contributed by atoms with E-state index in [0.29, 0.717) is 12.1 Å². The second-order valence-electron chi connectivity index (χ2n) is 5.38. The van der Waals surface area contributed by atoms with Crippen molar-refractivity contribution in [3.05, 3.63) is 0 Å². The molecule has 0 aliphatic carbocycles. The van der Waals surface area contributed by atoms with Gasteiger partial charge in [-0.25, -0.2) is 0 Å². The van der Waals surface area contributed by atoms with Crippen molar-refractivity contribution in [2.24, 2.45) is 0 Å². The summed E-state index contributed by atoms with van der Waals surface area (Å²) in [7, 11) is 3.90. The van der Waals surface area contributed by atoms with Gasteiger partial charge in [0.1, 0.15) is 0 Å². The van der Waals surface area contributed by atoms with E-state index in [1.54, 1.807) is 0 Å². The van der Waals surface area contributed by atoms with Crippen LogP contribution >= 0.6 is 0 Å². The molecule has 1 aliphatic rings. The van der Waals surface area contributed by atoms with Crippen LogP contribution in [0, 0.1) is 0 Å². The smallest absolute Gasteiger partial charge is 0.0825 e. The topological polar surface area (TPSA) is 30.5 Å². The third-order valence-electron chi connectivity index (χ3n) is 4.63. The average molecular weight is 257 g/mol. The summed E-state index contributed by atoms with van der Waals surface area (Å²) in [5, 5.41) is 3.46. The molecule has 1 fully saturated rings. The van der Waals surface area contributed by atoms with Crippen LogP contribution in [0.4, 0.5) is 0 Å². The SMILES string of the molecule is CCC(CC)(OC)C(CCCC1CCCO1)NC. The van der Waals surface area contributed by atoms with Gasteiger partial charge < -0.3 is 14.8 Å². The van der Waals surface area contributed by atoms with Crippen molar-refractivity contribution in [2.75, 3.05) is 20.8 Å². The summed E-state index contributed by atoms with van der Waals surface area (Å²) in [4.78, 5) is 0. The van der Waals surface area contributed by atoms with Crippen LogP contribution in [0.5, 0.6) is 0 Å². The van der Waals surface area contributed by atoms with Crippen LogP contribution in [0.25, 0.3) is 0 Å². The minimum absolute atomic E-state index is 0.00865. The van der Waals surface area contributed by atoms with Gasteiger partial charge in [-0.05, 0) is 52.0 Å². The van der Waals surface area contributed by atoms with Crippen LogP contribution in [-0.4, -0.2) is 38.5 Å². The van der Waals surface area contributed by atoms with Crippen LogP contribution in [0.2, 0.25) is 0 Å². The lowest BCUT2D eigenvalue weighted by atomic mass is 9.85. The standard InChI is InChI=1S/C15H31NO2/c1-5-15(6-2,17-4)14(16-3)11-7-9-13-10-8-12-18-13/h13-14,16H,5-12H2,1-4H3. The fourth-order valence-corrected chi connectivity index (χ4v) is 3.27. The molecule has 0 aromatic rings. The maximum Gasteiger partial charge on any atom is 0.0825 e. The molecule has 0 amide bonds. The Balaban J connectivity index is 2.39. The molecular formula is C15H31NO2. The molecule has 1 aliphatic heterocycles. The van der Waals surface area contributed by atoms with Crippen molar-refractivity contribution in [3.8, 4) is 0 Å². The van der Waals surface area contributed by atoms with Gasteiger partial charge in [0.05, 0.1) is 11.7 Å². The highest BCUT2D eigenvalue weighted by molar-refractivity contribution is 4.90. The number of methoxy groups -OCH3 is 1. The first-order chi connectivity index (χ1) is 8.72. The van der Waals surface area contributed by atoms with Gasteiger partial charge in [-0.1, -0.05) is 13.8 Å². The number of ether oxygens (including phenoxy) is 2. The monoisotopic (exact) mass is 257 g/mol. The van der Waals surface area contributed by atoms with E-state index < -0.39 is 0 Å². The highest BCUT2D eigenvalue weighted by Gasteiger charge is 2.34. The van der Waals surface area contributed by atoms with Crippen LogP contribution in [0.3, 0.4) is 0 Å². The van der Waals surface area contributed by atoms with Crippen molar-refractivity contribution in [3.63, 3.8) is 0 Å². The molecule has 1 N–H and O–H groups in total. The predicted molar refractivity (Wildman–Crippen MR) is 76.0 cm³/mol. The third kappa shape index (κ3) is 3.94. The van der Waals surface area contributed by atoms with Gasteiger partial charge in [0, 0.05) is 19.8 Å². The Morgan fingerprint density at radius 3 is 2.56 bits per heavy atom. The summed E-state index contributed by atoms with van der Waals surface area (Å²) in [5.74, 6) is 0. The second-order valence-corrected chi connectivity index (χ2v) is 5.38. The van der Waals surface area contributed by atoms with Gasteiger partial charge in [0.15, 0.2) is 0 Å². The van der Waals surface area contributed by atoms with Gasteiger partial charge in [0.2, 0.25) is 0 Å². The van der Waals surface area contributed by atoms with Gasteiger partial charge in [-0.3, -0.25) is 0 Å². The molecule has 0 bridgehead atoms. The van der Waals surface area contributed by atoms with Crippen molar-refractivity contribution < 1.29 is 9.47 Å². The second kappa shape index (κ2) is 8.13. The lowest BCUT2D eigenvalue weighted by Gasteiger charge is -2.38. The summed E-state index contributed by atoms with van der Waals surface area (Å²) in [6.45, 7) is 5.40. The van der Waals surface area contributed by atoms with E-state index in [1.165, 1.54) is 32.1 Å². The molecule has 2 atom stereocenters. The fraction of sp³-hybridized carbons (Fsp3) is 1.00. The van der Waals surface area contributed by atoms with Crippen LogP contribution in [0.1, 0.15) is 58.8 Å². The molecular weight excluding hydrogens is 226 g/mol. The average Bonchev–Trinajstić information content (AvgIpc) is 2.92. The highest BCUT2D eigenvalue weighted by atomic mass is 16.5. The van der Waals surface area contributed by atoms with Crippen molar-refractivity contribution in [1.29, 1.82) is 0 Å². The summed E-state index contributed by atoms with van der Waals surface area (Å²) in [6.07, 6.45) is 8.73. The van der Waals surface area contributed by atoms with E-state index in [9.17, 15) is 0 Å². The Labute approximate surface area is 113 Å². The molecule has 3 heteroatoms. The molecule has 0 aromatic carbocycles. The molecule has 108 valence electrons. The van der Waals surface area contributed by atoms with E-state index in [-0.39, 0.29) is 5.60 Å². The fourth-order valence-electron chi connectivity index (χ4n) is 3.27. The minimum Gasteiger partial charge on any atom is -0.378 e. The first-order valence-corrected chi connectivity index (χ1v) is 7.56. The van der Waals surface area contributed by atoms with E-state index in [0.717, 1.165) is 19.4 Å². The van der Waals surface area contributed by atoms with E-state index in [1.807, 2.05) is 7.11 Å². The van der Waals surface area contributed by atoms with Crippen LogP contribution in [-0.2, 0) is 9.47 Å². The normalized spacial score (nSPS) is 22.3. The minimum atomic E-state index is -0.00865. The number of hydrogen-bond acceptors (Lipinski definition) is 3. The first-order valence-electron chi connectivity index (χ1n) is 7.56. The van der Waals surface area contributed by atoms with E-state index >= 15 is 0 Å². The molecule has 0 saturated carbocycles. The van der Waals surface area contributed by atoms with Crippen LogP contribution < -0.4 is 5.32 Å². The van der Waals surface area contributed by atoms with Gasteiger partial charge in [-0.15, -0.1) is 0 Å². The molecule has 0 radical (unpaired) electrons. The van der Waals surface area contributed by atoms with E-state index in [2.05, 4.69) is 26.2 Å².